The Hall–Kier alpha value is -1.66. The fourth-order valence-electron chi connectivity index (χ4n) is 1.23. The van der Waals surface area contributed by atoms with Crippen LogP contribution >= 0.6 is 27.5 Å². The second kappa shape index (κ2) is 5.32. The highest BCUT2D eigenvalue weighted by Crippen LogP contribution is 2.20. The topological polar surface area (TPSA) is 80.9 Å². The number of carbonyl (C=O) groups is 1. The lowest BCUT2D eigenvalue weighted by atomic mass is 10.2. The van der Waals surface area contributed by atoms with Crippen LogP contribution in [0.5, 0.6) is 0 Å². The molecule has 0 unspecified atom stereocenters. The normalized spacial score (nSPS) is 10.1. The number of halogens is 2. The maximum Gasteiger partial charge on any atom is 0.258 e. The van der Waals surface area contributed by atoms with Crippen LogP contribution < -0.4 is 11.1 Å². The number of nitrogen functional groups attached to an aromatic ring is 1. The molecule has 2 rings (SSSR count). The summed E-state index contributed by atoms with van der Waals surface area (Å²) in [4.78, 5) is 19.8. The predicted molar refractivity (Wildman–Crippen MR) is 73.5 cm³/mol. The highest BCUT2D eigenvalue weighted by atomic mass is 79.9. The van der Waals surface area contributed by atoms with E-state index in [1.807, 2.05) is 0 Å². The van der Waals surface area contributed by atoms with E-state index in [0.29, 0.717) is 15.9 Å². The minimum atomic E-state index is -0.358. The van der Waals surface area contributed by atoms with Crippen LogP contribution in [0.4, 0.5) is 11.6 Å². The molecule has 2 aromatic rings. The number of rotatable bonds is 2. The molecule has 3 N–H and O–H groups in total. The minimum Gasteiger partial charge on any atom is -0.382 e. The van der Waals surface area contributed by atoms with E-state index in [1.54, 1.807) is 18.3 Å². The zero-order chi connectivity index (χ0) is 13.1. The second-order valence-corrected chi connectivity index (χ2v) is 4.64. The molecule has 0 saturated heterocycles. The van der Waals surface area contributed by atoms with E-state index < -0.39 is 0 Å². The lowest BCUT2D eigenvalue weighted by molar-refractivity contribution is 0.102. The third-order valence-corrected chi connectivity index (χ3v) is 3.06. The summed E-state index contributed by atoms with van der Waals surface area (Å²) in [7, 11) is 0. The highest BCUT2D eigenvalue weighted by molar-refractivity contribution is 9.10. The van der Waals surface area contributed by atoms with Gasteiger partial charge in [-0.3, -0.25) is 4.79 Å². The third kappa shape index (κ3) is 2.77. The molecule has 0 aliphatic heterocycles. The van der Waals surface area contributed by atoms with E-state index in [-0.39, 0.29) is 16.7 Å². The first-order valence-corrected chi connectivity index (χ1v) is 6.08. The quantitative estimate of drug-likeness (QED) is 0.888. The summed E-state index contributed by atoms with van der Waals surface area (Å²) in [6.45, 7) is 0. The smallest absolute Gasteiger partial charge is 0.258 e. The van der Waals surface area contributed by atoms with Gasteiger partial charge in [0.15, 0.2) is 0 Å². The molecule has 5 nitrogen and oxygen atoms in total. The van der Waals surface area contributed by atoms with Crippen LogP contribution in [0.3, 0.4) is 0 Å². The van der Waals surface area contributed by atoms with Crippen LogP contribution in [0.15, 0.2) is 35.1 Å². The van der Waals surface area contributed by atoms with Gasteiger partial charge < -0.3 is 11.1 Å². The molecule has 0 radical (unpaired) electrons. The van der Waals surface area contributed by atoms with E-state index in [9.17, 15) is 4.79 Å². The maximum absolute atomic E-state index is 11.9. The van der Waals surface area contributed by atoms with Gasteiger partial charge in [-0.1, -0.05) is 11.6 Å². The first kappa shape index (κ1) is 12.8. The predicted octanol–water partition coefficient (Wildman–Crippen LogP) is 2.73. The SMILES string of the molecule is Nc1ncc(C(=O)Nc2ncccc2Br)cc1Cl. The number of aromatic nitrogens is 2. The Kier molecular flexibility index (Phi) is 3.78. The summed E-state index contributed by atoms with van der Waals surface area (Å²) in [5.74, 6) is 0.256. The number of nitrogens with zero attached hydrogens (tertiary/aromatic N) is 2. The number of pyridine rings is 2. The molecule has 2 heterocycles. The van der Waals surface area contributed by atoms with Crippen molar-refractivity contribution in [3.05, 3.63) is 45.7 Å². The van der Waals surface area contributed by atoms with E-state index in [2.05, 4.69) is 31.2 Å². The number of nitrogens with two attached hydrogens (primary N) is 1. The van der Waals surface area contributed by atoms with Crippen LogP contribution in [0.1, 0.15) is 10.4 Å². The number of carbonyl (C=O) groups excluding carboxylic acids is 1. The van der Waals surface area contributed by atoms with Crippen LogP contribution in [0, 0.1) is 0 Å². The Labute approximate surface area is 117 Å². The monoisotopic (exact) mass is 326 g/mol. The molecule has 1 amide bonds. The number of nitrogens with one attached hydrogen (secondary N) is 1. The number of hydrogen-bond acceptors (Lipinski definition) is 4. The third-order valence-electron chi connectivity index (χ3n) is 2.12. The summed E-state index contributed by atoms with van der Waals surface area (Å²) in [6, 6.07) is 4.98. The molecule has 0 atom stereocenters. The largest absolute Gasteiger partial charge is 0.382 e. The molecule has 2 aromatic heterocycles. The Morgan fingerprint density at radius 1 is 1.44 bits per heavy atom. The molecule has 18 heavy (non-hydrogen) atoms. The van der Waals surface area contributed by atoms with Gasteiger partial charge in [0.25, 0.3) is 5.91 Å². The van der Waals surface area contributed by atoms with Crippen molar-refractivity contribution in [2.75, 3.05) is 11.1 Å². The van der Waals surface area contributed by atoms with Gasteiger partial charge in [-0.15, -0.1) is 0 Å². The lowest BCUT2D eigenvalue weighted by Gasteiger charge is -2.06. The van der Waals surface area contributed by atoms with Crippen LogP contribution in [0.25, 0.3) is 0 Å². The fraction of sp³-hybridized carbons (Fsp3) is 0. The van der Waals surface area contributed by atoms with Crippen molar-refractivity contribution in [1.29, 1.82) is 0 Å². The van der Waals surface area contributed by atoms with Crippen LogP contribution in [-0.4, -0.2) is 15.9 Å². The van der Waals surface area contributed by atoms with Gasteiger partial charge in [0.05, 0.1) is 15.1 Å². The first-order chi connectivity index (χ1) is 8.58. The molecule has 0 aliphatic rings. The van der Waals surface area contributed by atoms with E-state index in [4.69, 9.17) is 17.3 Å². The average molecular weight is 328 g/mol. The molecular formula is C11H8BrClN4O. The van der Waals surface area contributed by atoms with Crippen molar-refractivity contribution >= 4 is 45.1 Å². The molecule has 92 valence electrons. The zero-order valence-corrected chi connectivity index (χ0v) is 11.4. The first-order valence-electron chi connectivity index (χ1n) is 4.91. The minimum absolute atomic E-state index is 0.187. The van der Waals surface area contributed by atoms with Crippen molar-refractivity contribution in [3.8, 4) is 0 Å². The summed E-state index contributed by atoms with van der Waals surface area (Å²) in [6.07, 6.45) is 2.93. The van der Waals surface area contributed by atoms with Crippen molar-refractivity contribution in [3.63, 3.8) is 0 Å². The number of amides is 1. The van der Waals surface area contributed by atoms with Crippen LogP contribution in [-0.2, 0) is 0 Å². The molecule has 0 aromatic carbocycles. The summed E-state index contributed by atoms with van der Waals surface area (Å²) >= 11 is 9.08. The van der Waals surface area contributed by atoms with Gasteiger partial charge in [0, 0.05) is 12.4 Å². The fourth-order valence-corrected chi connectivity index (χ4v) is 1.75. The molecule has 0 aliphatic carbocycles. The van der Waals surface area contributed by atoms with Gasteiger partial charge in [-0.25, -0.2) is 9.97 Å². The van der Waals surface area contributed by atoms with Gasteiger partial charge in [-0.2, -0.15) is 0 Å². The Morgan fingerprint density at radius 2 is 2.22 bits per heavy atom. The Bertz CT molecular complexity index is 605. The molecular weight excluding hydrogens is 320 g/mol. The second-order valence-electron chi connectivity index (χ2n) is 3.38. The van der Waals surface area contributed by atoms with Gasteiger partial charge >= 0.3 is 0 Å². The van der Waals surface area contributed by atoms with Crippen LogP contribution in [0.2, 0.25) is 5.02 Å². The molecule has 0 spiro atoms. The zero-order valence-electron chi connectivity index (χ0n) is 9.02. The lowest BCUT2D eigenvalue weighted by Crippen LogP contribution is -2.14. The van der Waals surface area contributed by atoms with Gasteiger partial charge in [0.2, 0.25) is 0 Å². The van der Waals surface area contributed by atoms with Crippen molar-refractivity contribution in [2.45, 2.75) is 0 Å². The summed E-state index contributed by atoms with van der Waals surface area (Å²) in [5, 5.41) is 2.88. The van der Waals surface area contributed by atoms with Gasteiger partial charge in [0.1, 0.15) is 11.6 Å². The van der Waals surface area contributed by atoms with Crippen molar-refractivity contribution in [1.82, 2.24) is 9.97 Å². The highest BCUT2D eigenvalue weighted by Gasteiger charge is 2.11. The summed E-state index contributed by atoms with van der Waals surface area (Å²) in [5.41, 5.74) is 5.78. The number of anilines is 2. The molecule has 0 bridgehead atoms. The Morgan fingerprint density at radius 3 is 2.89 bits per heavy atom. The van der Waals surface area contributed by atoms with Crippen molar-refractivity contribution in [2.24, 2.45) is 0 Å². The van der Waals surface area contributed by atoms with Gasteiger partial charge in [-0.05, 0) is 34.1 Å². The van der Waals surface area contributed by atoms with E-state index in [1.165, 1.54) is 12.3 Å². The maximum atomic E-state index is 11.9. The molecule has 7 heteroatoms. The average Bonchev–Trinajstić information content (AvgIpc) is 2.35. The van der Waals surface area contributed by atoms with E-state index in [0.717, 1.165) is 0 Å². The van der Waals surface area contributed by atoms with Crippen molar-refractivity contribution < 1.29 is 4.79 Å². The molecule has 0 fully saturated rings. The standard InChI is InChI=1S/C11H8BrClN4O/c12-7-2-1-3-15-10(7)17-11(18)6-4-8(13)9(14)16-5-6/h1-5H,(H2,14,16)(H,15,17,18). The van der Waals surface area contributed by atoms with E-state index >= 15 is 0 Å². The summed E-state index contributed by atoms with van der Waals surface area (Å²) < 4.78 is 0.688. The number of hydrogen-bond donors (Lipinski definition) is 2. The molecule has 0 saturated carbocycles. The Balaban J connectivity index is 2.22.